The average molecular weight is 491 g/mol. The molecule has 0 radical (unpaired) electrons. The van der Waals surface area contributed by atoms with Crippen LogP contribution >= 0.6 is 23.6 Å². The van der Waals surface area contributed by atoms with Crippen LogP contribution in [0.3, 0.4) is 0 Å². The van der Waals surface area contributed by atoms with Gasteiger partial charge in [0, 0.05) is 22.7 Å². The fourth-order valence-electron chi connectivity index (χ4n) is 4.17. The van der Waals surface area contributed by atoms with Crippen molar-refractivity contribution in [3.63, 3.8) is 0 Å². The first-order chi connectivity index (χ1) is 16.5. The van der Waals surface area contributed by atoms with Crippen LogP contribution in [0.25, 0.3) is 17.0 Å². The van der Waals surface area contributed by atoms with Crippen LogP contribution in [0, 0.1) is 12.7 Å². The van der Waals surface area contributed by atoms with Gasteiger partial charge in [-0.1, -0.05) is 47.1 Å². The molecule has 1 atom stereocenters. The van der Waals surface area contributed by atoms with Crippen molar-refractivity contribution in [2.24, 2.45) is 0 Å². The molecule has 5 nitrogen and oxygen atoms in total. The first kappa shape index (κ1) is 22.4. The van der Waals surface area contributed by atoms with E-state index in [1.54, 1.807) is 17.4 Å². The van der Waals surface area contributed by atoms with Crippen molar-refractivity contribution in [2.75, 3.05) is 6.54 Å². The largest absolute Gasteiger partial charge is 0.351 e. The van der Waals surface area contributed by atoms with E-state index in [9.17, 15) is 4.39 Å². The van der Waals surface area contributed by atoms with Gasteiger partial charge >= 0.3 is 0 Å². The third kappa shape index (κ3) is 4.51. The molecule has 172 valence electrons. The number of allylic oxidation sites excluding steroid dienone is 1. The van der Waals surface area contributed by atoms with Gasteiger partial charge in [0.15, 0.2) is 5.11 Å². The summed E-state index contributed by atoms with van der Waals surface area (Å²) in [6.07, 6.45) is 0.854. The van der Waals surface area contributed by atoms with E-state index in [0.29, 0.717) is 23.4 Å². The van der Waals surface area contributed by atoms with Crippen LogP contribution in [-0.4, -0.2) is 26.7 Å². The van der Waals surface area contributed by atoms with Crippen LogP contribution in [0.2, 0.25) is 0 Å². The van der Waals surface area contributed by atoms with Gasteiger partial charge in [-0.15, -0.1) is 11.3 Å². The predicted molar refractivity (Wildman–Crippen MR) is 137 cm³/mol. The lowest BCUT2D eigenvalue weighted by molar-refractivity contribution is 0.397. The summed E-state index contributed by atoms with van der Waals surface area (Å²) in [6.45, 7) is 4.73. The number of halogens is 1. The number of nitrogens with one attached hydrogen (secondary N) is 1. The number of aryl methyl sites for hydroxylation is 1. The Kier molecular flexibility index (Phi) is 6.26. The fraction of sp³-hybridized carbons (Fsp3) is 0.192. The molecule has 5 rings (SSSR count). The summed E-state index contributed by atoms with van der Waals surface area (Å²) in [7, 11) is 0. The maximum absolute atomic E-state index is 14.1. The maximum Gasteiger partial charge on any atom is 0.258 e. The van der Waals surface area contributed by atoms with Crippen LogP contribution in [-0.2, 0) is 6.42 Å². The van der Waals surface area contributed by atoms with E-state index in [1.807, 2.05) is 50.2 Å². The highest BCUT2D eigenvalue weighted by molar-refractivity contribution is 7.80. The molecule has 0 fully saturated rings. The van der Waals surface area contributed by atoms with Gasteiger partial charge in [0.1, 0.15) is 5.82 Å². The zero-order chi connectivity index (χ0) is 23.7. The quantitative estimate of drug-likeness (QED) is 0.327. The first-order valence-electron chi connectivity index (χ1n) is 11.0. The van der Waals surface area contributed by atoms with Crippen molar-refractivity contribution in [1.29, 1.82) is 0 Å². The van der Waals surface area contributed by atoms with Gasteiger partial charge in [-0.05, 0) is 67.7 Å². The zero-order valence-corrected chi connectivity index (χ0v) is 20.4. The standard InChI is InChI=1S/C26H23FN4OS2/c1-16-6-3-8-19(14-16)24-29-25(32-30-24)22-17(2)31(12-11-21-10-5-13-34-21)26(33)28-23(22)18-7-4-9-20(27)15-18/h3-10,13-15,23H,11-12H2,1-2H3,(H,28,33). The maximum atomic E-state index is 14.1. The lowest BCUT2D eigenvalue weighted by Crippen LogP contribution is -2.46. The molecule has 0 amide bonds. The third-order valence-corrected chi connectivity index (χ3v) is 7.15. The summed E-state index contributed by atoms with van der Waals surface area (Å²) in [5.74, 6) is 0.586. The molecule has 1 aliphatic rings. The molecule has 0 saturated carbocycles. The smallest absolute Gasteiger partial charge is 0.258 e. The Bertz CT molecular complexity index is 1360. The van der Waals surface area contributed by atoms with Crippen molar-refractivity contribution in [3.8, 4) is 11.4 Å². The molecule has 0 aliphatic carbocycles. The number of nitrogens with zero attached hydrogens (tertiary/aromatic N) is 3. The second-order valence-electron chi connectivity index (χ2n) is 8.21. The first-order valence-corrected chi connectivity index (χ1v) is 12.3. The van der Waals surface area contributed by atoms with E-state index >= 15 is 0 Å². The highest BCUT2D eigenvalue weighted by Crippen LogP contribution is 2.37. The summed E-state index contributed by atoms with van der Waals surface area (Å²) in [6, 6.07) is 18.2. The fourth-order valence-corrected chi connectivity index (χ4v) is 5.22. The average Bonchev–Trinajstić information content (AvgIpc) is 3.51. The van der Waals surface area contributed by atoms with Gasteiger partial charge in [0.25, 0.3) is 5.89 Å². The van der Waals surface area contributed by atoms with Crippen molar-refractivity contribution in [1.82, 2.24) is 20.4 Å². The summed E-state index contributed by atoms with van der Waals surface area (Å²) in [5, 5.41) is 10.3. The molecule has 1 unspecified atom stereocenters. The highest BCUT2D eigenvalue weighted by atomic mass is 32.1. The Hall–Kier alpha value is -3.36. The van der Waals surface area contributed by atoms with Gasteiger partial charge in [-0.3, -0.25) is 0 Å². The molecule has 4 aromatic rings. The van der Waals surface area contributed by atoms with E-state index in [-0.39, 0.29) is 5.82 Å². The van der Waals surface area contributed by atoms with Crippen LogP contribution in [0.1, 0.15) is 34.9 Å². The van der Waals surface area contributed by atoms with Crippen LogP contribution in [0.5, 0.6) is 0 Å². The number of hydrogen-bond donors (Lipinski definition) is 1. The van der Waals surface area contributed by atoms with Gasteiger partial charge in [-0.25, -0.2) is 4.39 Å². The molecule has 0 spiro atoms. The van der Waals surface area contributed by atoms with E-state index in [2.05, 4.69) is 26.8 Å². The molecule has 0 bridgehead atoms. The van der Waals surface area contributed by atoms with E-state index in [1.165, 1.54) is 17.0 Å². The van der Waals surface area contributed by atoms with Gasteiger partial charge < -0.3 is 14.7 Å². The summed E-state index contributed by atoms with van der Waals surface area (Å²) in [5.41, 5.74) is 4.43. The monoisotopic (exact) mass is 490 g/mol. The normalized spacial score (nSPS) is 16.1. The van der Waals surface area contributed by atoms with E-state index < -0.39 is 6.04 Å². The van der Waals surface area contributed by atoms with Crippen molar-refractivity contribution < 1.29 is 8.91 Å². The highest BCUT2D eigenvalue weighted by Gasteiger charge is 2.34. The second-order valence-corrected chi connectivity index (χ2v) is 9.63. The summed E-state index contributed by atoms with van der Waals surface area (Å²) in [4.78, 5) is 8.06. The molecule has 2 aromatic heterocycles. The molecule has 8 heteroatoms. The lowest BCUT2D eigenvalue weighted by atomic mass is 9.94. The van der Waals surface area contributed by atoms with Crippen LogP contribution in [0.4, 0.5) is 4.39 Å². The van der Waals surface area contributed by atoms with Gasteiger partial charge in [0.2, 0.25) is 5.82 Å². The number of rotatable bonds is 6. The Morgan fingerprint density at radius 1 is 1.12 bits per heavy atom. The lowest BCUT2D eigenvalue weighted by Gasteiger charge is -2.37. The number of aromatic nitrogens is 2. The third-order valence-electron chi connectivity index (χ3n) is 5.87. The minimum atomic E-state index is -0.410. The zero-order valence-electron chi connectivity index (χ0n) is 18.8. The Balaban J connectivity index is 1.56. The molecule has 1 aliphatic heterocycles. The summed E-state index contributed by atoms with van der Waals surface area (Å²) >= 11 is 7.45. The molecule has 2 aromatic carbocycles. The molecular weight excluding hydrogens is 467 g/mol. The summed E-state index contributed by atoms with van der Waals surface area (Å²) < 4.78 is 19.9. The minimum absolute atomic E-state index is 0.312. The van der Waals surface area contributed by atoms with Crippen LogP contribution < -0.4 is 5.32 Å². The number of hydrogen-bond acceptors (Lipinski definition) is 5. The van der Waals surface area contributed by atoms with E-state index in [0.717, 1.165) is 34.4 Å². The Morgan fingerprint density at radius 2 is 1.97 bits per heavy atom. The molecule has 0 saturated heterocycles. The minimum Gasteiger partial charge on any atom is -0.351 e. The van der Waals surface area contributed by atoms with Crippen molar-refractivity contribution in [3.05, 3.63) is 99.5 Å². The number of thiophene rings is 1. The second kappa shape index (κ2) is 9.48. The number of benzene rings is 2. The van der Waals surface area contributed by atoms with E-state index in [4.69, 9.17) is 21.7 Å². The Morgan fingerprint density at radius 3 is 2.74 bits per heavy atom. The van der Waals surface area contributed by atoms with Gasteiger partial charge in [-0.2, -0.15) is 4.98 Å². The number of thiocarbonyl (C=S) groups is 1. The SMILES string of the molecule is CC1=C(c2nc(-c3cccc(C)c3)no2)C(c2cccc(F)c2)NC(=S)N1CCc1cccs1. The molecule has 34 heavy (non-hydrogen) atoms. The Labute approximate surface area is 206 Å². The van der Waals surface area contributed by atoms with Crippen LogP contribution in [0.15, 0.2) is 76.3 Å². The molecule has 1 N–H and O–H groups in total. The molecular formula is C26H23FN4OS2. The topological polar surface area (TPSA) is 54.2 Å². The predicted octanol–water partition coefficient (Wildman–Crippen LogP) is 6.15. The van der Waals surface area contributed by atoms with Crippen molar-refractivity contribution >= 4 is 34.2 Å². The van der Waals surface area contributed by atoms with Gasteiger partial charge in [0.05, 0.1) is 11.6 Å². The molecule has 3 heterocycles. The van der Waals surface area contributed by atoms with Crippen molar-refractivity contribution in [2.45, 2.75) is 26.3 Å².